The third-order valence-corrected chi connectivity index (χ3v) is 5.06. The second-order valence-electron chi connectivity index (χ2n) is 6.76. The fourth-order valence-electron chi connectivity index (χ4n) is 2.81. The van der Waals surface area contributed by atoms with E-state index in [9.17, 15) is 14.0 Å². The summed E-state index contributed by atoms with van der Waals surface area (Å²) in [4.78, 5) is 28.0. The van der Waals surface area contributed by atoms with Crippen LogP contribution < -0.4 is 15.4 Å². The van der Waals surface area contributed by atoms with Crippen molar-refractivity contribution in [2.45, 2.75) is 13.5 Å². The molecule has 2 heterocycles. The van der Waals surface area contributed by atoms with Crippen LogP contribution in [-0.2, 0) is 11.4 Å². The third-order valence-electron chi connectivity index (χ3n) is 4.31. The maximum atomic E-state index is 12.9. The number of aromatic nitrogens is 1. The Morgan fingerprint density at radius 3 is 2.50 bits per heavy atom. The van der Waals surface area contributed by atoms with Crippen LogP contribution in [0.2, 0.25) is 0 Å². The summed E-state index contributed by atoms with van der Waals surface area (Å²) in [6.45, 7) is 1.55. The van der Waals surface area contributed by atoms with Crippen molar-refractivity contribution in [3.63, 3.8) is 0 Å². The Kier molecular flexibility index (Phi) is 6.27. The van der Waals surface area contributed by atoms with Crippen molar-refractivity contribution >= 4 is 34.0 Å². The first-order valence-corrected chi connectivity index (χ1v) is 10.5. The molecular formula is C23H18FN3O4S. The molecule has 2 aromatic carbocycles. The smallest absolute Gasteiger partial charge is 0.293 e. The van der Waals surface area contributed by atoms with Gasteiger partial charge in [-0.2, -0.15) is 0 Å². The number of furan rings is 1. The number of carbonyl (C=O) groups is 2. The normalized spacial score (nSPS) is 10.6. The Morgan fingerprint density at radius 2 is 1.78 bits per heavy atom. The van der Waals surface area contributed by atoms with Crippen molar-refractivity contribution in [2.24, 2.45) is 0 Å². The minimum Gasteiger partial charge on any atom is -0.486 e. The molecule has 9 heteroatoms. The molecule has 4 aromatic rings. The number of amides is 2. The zero-order chi connectivity index (χ0) is 22.5. The van der Waals surface area contributed by atoms with Gasteiger partial charge in [-0.05, 0) is 48.5 Å². The second kappa shape index (κ2) is 9.44. The summed E-state index contributed by atoms with van der Waals surface area (Å²) in [7, 11) is 0. The number of rotatable bonds is 7. The SMILES string of the molecule is CC(=O)Nc1ccc(-c2csc(NC(=O)c3ccc(COc4ccc(F)cc4)o3)n2)cc1. The number of halogens is 1. The van der Waals surface area contributed by atoms with E-state index in [-0.39, 0.29) is 24.1 Å². The van der Waals surface area contributed by atoms with Gasteiger partial charge in [-0.15, -0.1) is 11.3 Å². The number of nitrogens with zero attached hydrogens (tertiary/aromatic N) is 1. The third kappa shape index (κ3) is 5.38. The maximum Gasteiger partial charge on any atom is 0.293 e. The van der Waals surface area contributed by atoms with Crippen LogP contribution >= 0.6 is 11.3 Å². The van der Waals surface area contributed by atoms with Crippen LogP contribution in [0.1, 0.15) is 23.2 Å². The molecule has 2 amide bonds. The van der Waals surface area contributed by atoms with Crippen molar-refractivity contribution < 1.29 is 23.1 Å². The largest absolute Gasteiger partial charge is 0.486 e. The molecule has 162 valence electrons. The van der Waals surface area contributed by atoms with Crippen LogP contribution in [0.25, 0.3) is 11.3 Å². The predicted molar refractivity (Wildman–Crippen MR) is 119 cm³/mol. The van der Waals surface area contributed by atoms with E-state index in [0.717, 1.165) is 5.56 Å². The van der Waals surface area contributed by atoms with Gasteiger partial charge in [0.05, 0.1) is 5.69 Å². The number of hydrogen-bond donors (Lipinski definition) is 2. The van der Waals surface area contributed by atoms with E-state index in [1.165, 1.54) is 42.5 Å². The minimum atomic E-state index is -0.431. The summed E-state index contributed by atoms with van der Waals surface area (Å²) in [6, 6.07) is 16.1. The first kappa shape index (κ1) is 21.3. The molecule has 0 fully saturated rings. The summed E-state index contributed by atoms with van der Waals surface area (Å²) in [6.07, 6.45) is 0. The summed E-state index contributed by atoms with van der Waals surface area (Å²) in [5, 5.41) is 7.68. The molecule has 0 atom stereocenters. The quantitative estimate of drug-likeness (QED) is 0.396. The van der Waals surface area contributed by atoms with Gasteiger partial charge in [0.15, 0.2) is 10.9 Å². The molecule has 0 aliphatic rings. The Hall–Kier alpha value is -3.98. The van der Waals surface area contributed by atoms with E-state index in [1.807, 2.05) is 17.5 Å². The first-order chi connectivity index (χ1) is 15.5. The Balaban J connectivity index is 1.35. The molecule has 0 saturated heterocycles. The lowest BCUT2D eigenvalue weighted by Crippen LogP contribution is -2.10. The topological polar surface area (TPSA) is 93.5 Å². The number of anilines is 2. The van der Waals surface area contributed by atoms with Gasteiger partial charge in [-0.25, -0.2) is 9.37 Å². The molecule has 0 aliphatic heterocycles. The van der Waals surface area contributed by atoms with Crippen LogP contribution in [0.15, 0.2) is 70.5 Å². The van der Waals surface area contributed by atoms with Crippen molar-refractivity contribution in [2.75, 3.05) is 10.6 Å². The summed E-state index contributed by atoms with van der Waals surface area (Å²) in [5.74, 6) is 0.160. The lowest BCUT2D eigenvalue weighted by molar-refractivity contribution is -0.114. The zero-order valence-corrected chi connectivity index (χ0v) is 17.7. The number of hydrogen-bond acceptors (Lipinski definition) is 6. The fraction of sp³-hybridized carbons (Fsp3) is 0.0870. The fourth-order valence-corrected chi connectivity index (χ4v) is 3.53. The molecule has 0 aliphatic carbocycles. The minimum absolute atomic E-state index is 0.106. The lowest BCUT2D eigenvalue weighted by Gasteiger charge is -2.03. The number of benzene rings is 2. The number of thiazole rings is 1. The summed E-state index contributed by atoms with van der Waals surface area (Å²) < 4.78 is 24.0. The van der Waals surface area contributed by atoms with E-state index in [2.05, 4.69) is 15.6 Å². The van der Waals surface area contributed by atoms with Crippen LogP contribution in [-0.4, -0.2) is 16.8 Å². The van der Waals surface area contributed by atoms with Crippen molar-refractivity contribution in [3.05, 3.63) is 83.4 Å². The van der Waals surface area contributed by atoms with Crippen LogP contribution in [0.5, 0.6) is 5.75 Å². The van der Waals surface area contributed by atoms with Gasteiger partial charge in [-0.3, -0.25) is 14.9 Å². The Labute approximate surface area is 186 Å². The molecule has 4 rings (SSSR count). The highest BCUT2D eigenvalue weighted by atomic mass is 32.1. The first-order valence-electron chi connectivity index (χ1n) is 9.58. The van der Waals surface area contributed by atoms with Gasteiger partial charge in [0.2, 0.25) is 5.91 Å². The van der Waals surface area contributed by atoms with Gasteiger partial charge in [0.25, 0.3) is 5.91 Å². The van der Waals surface area contributed by atoms with Gasteiger partial charge in [-0.1, -0.05) is 12.1 Å². The molecule has 2 N–H and O–H groups in total. The highest BCUT2D eigenvalue weighted by molar-refractivity contribution is 7.14. The average molecular weight is 451 g/mol. The molecule has 0 unspecified atom stereocenters. The Bertz CT molecular complexity index is 1230. The molecule has 0 bridgehead atoms. The monoisotopic (exact) mass is 451 g/mol. The molecule has 0 saturated carbocycles. The molecule has 0 radical (unpaired) electrons. The van der Waals surface area contributed by atoms with Crippen LogP contribution in [0, 0.1) is 5.82 Å². The average Bonchev–Trinajstić information content (AvgIpc) is 3.43. The van der Waals surface area contributed by atoms with Gasteiger partial charge in [0.1, 0.15) is 23.9 Å². The van der Waals surface area contributed by atoms with E-state index in [4.69, 9.17) is 9.15 Å². The molecule has 2 aromatic heterocycles. The van der Waals surface area contributed by atoms with Crippen molar-refractivity contribution in [1.29, 1.82) is 0 Å². The number of carbonyl (C=O) groups excluding carboxylic acids is 2. The predicted octanol–water partition coefficient (Wildman–Crippen LogP) is 5.33. The molecule has 0 spiro atoms. The summed E-state index contributed by atoms with van der Waals surface area (Å²) in [5.41, 5.74) is 2.25. The highest BCUT2D eigenvalue weighted by Gasteiger charge is 2.14. The van der Waals surface area contributed by atoms with Crippen LogP contribution in [0.4, 0.5) is 15.2 Å². The van der Waals surface area contributed by atoms with Gasteiger partial charge in [0, 0.05) is 23.6 Å². The van der Waals surface area contributed by atoms with Gasteiger partial charge < -0.3 is 14.5 Å². The van der Waals surface area contributed by atoms with Crippen molar-refractivity contribution in [3.8, 4) is 17.0 Å². The molecular weight excluding hydrogens is 433 g/mol. The molecule has 32 heavy (non-hydrogen) atoms. The highest BCUT2D eigenvalue weighted by Crippen LogP contribution is 2.26. The maximum absolute atomic E-state index is 12.9. The Morgan fingerprint density at radius 1 is 1.03 bits per heavy atom. The van der Waals surface area contributed by atoms with E-state index >= 15 is 0 Å². The van der Waals surface area contributed by atoms with Gasteiger partial charge >= 0.3 is 0 Å². The zero-order valence-electron chi connectivity index (χ0n) is 16.9. The number of ether oxygens (including phenoxy) is 1. The standard InChI is InChI=1S/C23H18FN3O4S/c1-14(28)25-17-6-2-15(3-7-17)20-13-32-23(26-20)27-22(29)21-11-10-19(31-21)12-30-18-8-4-16(24)5-9-18/h2-11,13H,12H2,1H3,(H,25,28)(H,26,27,29). The summed E-state index contributed by atoms with van der Waals surface area (Å²) >= 11 is 1.29. The van der Waals surface area contributed by atoms with E-state index in [0.29, 0.717) is 28.0 Å². The van der Waals surface area contributed by atoms with Crippen LogP contribution in [0.3, 0.4) is 0 Å². The van der Waals surface area contributed by atoms with E-state index < -0.39 is 5.91 Å². The van der Waals surface area contributed by atoms with Crippen molar-refractivity contribution in [1.82, 2.24) is 4.98 Å². The number of nitrogens with one attached hydrogen (secondary N) is 2. The second-order valence-corrected chi connectivity index (χ2v) is 7.62. The lowest BCUT2D eigenvalue weighted by atomic mass is 10.1. The molecule has 7 nitrogen and oxygen atoms in total. The van der Waals surface area contributed by atoms with E-state index in [1.54, 1.807) is 24.3 Å².